The van der Waals surface area contributed by atoms with Crippen LogP contribution in [0.1, 0.15) is 29.3 Å². The molecule has 1 heterocycles. The Morgan fingerprint density at radius 2 is 2.21 bits per heavy atom. The summed E-state index contributed by atoms with van der Waals surface area (Å²) in [5.74, 6) is -1.02. The molecule has 1 aromatic rings. The number of carboxylic acids is 1. The topological polar surface area (TPSA) is 66.8 Å². The van der Waals surface area contributed by atoms with E-state index in [1.165, 1.54) is 6.07 Å². The van der Waals surface area contributed by atoms with Crippen LogP contribution in [0.15, 0.2) is 18.2 Å². The maximum absolute atomic E-state index is 12.0. The molecule has 1 aromatic carbocycles. The zero-order valence-electron chi connectivity index (χ0n) is 10.9. The number of rotatable bonds is 4. The van der Waals surface area contributed by atoms with Gasteiger partial charge in [0.05, 0.1) is 5.56 Å². The number of aryl methyl sites for hydroxylation is 1. The molecule has 19 heavy (non-hydrogen) atoms. The number of hydrogen-bond acceptors (Lipinski definition) is 3. The lowest BCUT2D eigenvalue weighted by atomic mass is 9.99. The fourth-order valence-corrected chi connectivity index (χ4v) is 2.26. The molecule has 0 spiro atoms. The highest BCUT2D eigenvalue weighted by molar-refractivity contribution is 5.96. The number of aromatic carboxylic acids is 1. The first-order valence-electron chi connectivity index (χ1n) is 6.37. The lowest BCUT2D eigenvalue weighted by molar-refractivity contribution is -0.123. The Hall–Kier alpha value is -1.88. The molecular formula is C14H17NO4. The van der Waals surface area contributed by atoms with E-state index in [9.17, 15) is 9.59 Å². The molecule has 0 fully saturated rings. The summed E-state index contributed by atoms with van der Waals surface area (Å²) in [4.78, 5) is 24.6. The number of amides is 1. The number of carboxylic acid groups (broad SMARTS) is 1. The highest BCUT2D eigenvalue weighted by Gasteiger charge is 2.23. The monoisotopic (exact) mass is 263 g/mol. The molecule has 1 aliphatic heterocycles. The van der Waals surface area contributed by atoms with Crippen molar-refractivity contribution >= 4 is 17.6 Å². The number of fused-ring (bicyclic) bond motifs is 1. The normalized spacial score (nSPS) is 14.1. The van der Waals surface area contributed by atoms with Gasteiger partial charge in [0.2, 0.25) is 0 Å². The summed E-state index contributed by atoms with van der Waals surface area (Å²) in [6, 6.07) is 4.90. The van der Waals surface area contributed by atoms with E-state index in [1.807, 2.05) is 6.92 Å². The third-order valence-electron chi connectivity index (χ3n) is 3.18. The average Bonchev–Trinajstić information content (AvgIpc) is 2.43. The maximum Gasteiger partial charge on any atom is 0.335 e. The molecule has 0 saturated carbocycles. The number of hydrogen-bond donors (Lipinski definition) is 1. The molecule has 0 bridgehead atoms. The predicted molar refractivity (Wildman–Crippen MR) is 70.6 cm³/mol. The van der Waals surface area contributed by atoms with Gasteiger partial charge in [-0.15, -0.1) is 0 Å². The Morgan fingerprint density at radius 3 is 2.89 bits per heavy atom. The summed E-state index contributed by atoms with van der Waals surface area (Å²) in [5, 5.41) is 8.98. The summed E-state index contributed by atoms with van der Waals surface area (Å²) in [5.41, 5.74) is 1.98. The fourth-order valence-electron chi connectivity index (χ4n) is 2.26. The highest BCUT2D eigenvalue weighted by atomic mass is 16.5. The summed E-state index contributed by atoms with van der Waals surface area (Å²) in [7, 11) is 0. The molecule has 0 radical (unpaired) electrons. The van der Waals surface area contributed by atoms with Crippen molar-refractivity contribution in [3.63, 3.8) is 0 Å². The first-order valence-corrected chi connectivity index (χ1v) is 6.37. The smallest absolute Gasteiger partial charge is 0.335 e. The average molecular weight is 263 g/mol. The molecule has 5 heteroatoms. The molecule has 2 rings (SSSR count). The van der Waals surface area contributed by atoms with Gasteiger partial charge in [0.15, 0.2) is 0 Å². The third-order valence-corrected chi connectivity index (χ3v) is 3.18. The number of nitrogens with zero attached hydrogens (tertiary/aromatic N) is 1. The lowest BCUT2D eigenvalue weighted by Gasteiger charge is -2.29. The number of carbonyl (C=O) groups is 2. The molecule has 0 atom stereocenters. The Labute approximate surface area is 111 Å². The molecule has 0 saturated heterocycles. The Morgan fingerprint density at radius 1 is 1.42 bits per heavy atom. The van der Waals surface area contributed by atoms with E-state index in [4.69, 9.17) is 9.84 Å². The van der Waals surface area contributed by atoms with Crippen LogP contribution in [-0.2, 0) is 16.0 Å². The number of anilines is 1. The second-order valence-electron chi connectivity index (χ2n) is 4.43. The van der Waals surface area contributed by atoms with Crippen molar-refractivity contribution in [1.29, 1.82) is 0 Å². The van der Waals surface area contributed by atoms with E-state index in [0.29, 0.717) is 13.2 Å². The standard InChI is InChI=1S/C14H17NO4/c1-2-19-9-13(16)15-7-3-4-10-8-11(14(17)18)5-6-12(10)15/h5-6,8H,2-4,7,9H2,1H3,(H,17,18). The van der Waals surface area contributed by atoms with Gasteiger partial charge in [0.1, 0.15) is 6.61 Å². The van der Waals surface area contributed by atoms with Gasteiger partial charge in [-0.25, -0.2) is 4.79 Å². The minimum absolute atomic E-state index is 0.0661. The molecule has 102 valence electrons. The molecule has 1 aliphatic rings. The SMILES string of the molecule is CCOCC(=O)N1CCCc2cc(C(=O)O)ccc21. The molecule has 0 aromatic heterocycles. The second-order valence-corrected chi connectivity index (χ2v) is 4.43. The van der Waals surface area contributed by atoms with Gasteiger partial charge in [-0.05, 0) is 43.5 Å². The van der Waals surface area contributed by atoms with E-state index < -0.39 is 5.97 Å². The van der Waals surface area contributed by atoms with Crippen LogP contribution in [0.3, 0.4) is 0 Å². The fraction of sp³-hybridized carbons (Fsp3) is 0.429. The molecule has 1 amide bonds. The van der Waals surface area contributed by atoms with Gasteiger partial charge in [-0.1, -0.05) is 0 Å². The molecule has 0 aliphatic carbocycles. The third kappa shape index (κ3) is 2.93. The summed E-state index contributed by atoms with van der Waals surface area (Å²) in [6.45, 7) is 3.07. The van der Waals surface area contributed by atoms with Crippen molar-refractivity contribution in [1.82, 2.24) is 0 Å². The van der Waals surface area contributed by atoms with Crippen LogP contribution < -0.4 is 4.90 Å². The second kappa shape index (κ2) is 5.84. The first kappa shape index (κ1) is 13.5. The van der Waals surface area contributed by atoms with Gasteiger partial charge in [-0.2, -0.15) is 0 Å². The Kier molecular flexibility index (Phi) is 4.16. The van der Waals surface area contributed by atoms with E-state index in [1.54, 1.807) is 17.0 Å². The molecule has 5 nitrogen and oxygen atoms in total. The Balaban J connectivity index is 2.24. The van der Waals surface area contributed by atoms with Crippen LogP contribution in [0, 0.1) is 0 Å². The number of ether oxygens (including phenoxy) is 1. The largest absolute Gasteiger partial charge is 0.478 e. The van der Waals surface area contributed by atoms with Gasteiger partial charge in [0.25, 0.3) is 5.91 Å². The summed E-state index contributed by atoms with van der Waals surface area (Å²) >= 11 is 0. The first-order chi connectivity index (χ1) is 9.13. The highest BCUT2D eigenvalue weighted by Crippen LogP contribution is 2.28. The minimum atomic E-state index is -0.944. The Bertz CT molecular complexity index is 498. The van der Waals surface area contributed by atoms with E-state index in [2.05, 4.69) is 0 Å². The maximum atomic E-state index is 12.0. The summed E-state index contributed by atoms with van der Waals surface area (Å²) < 4.78 is 5.14. The number of carbonyl (C=O) groups excluding carboxylic acids is 1. The zero-order valence-corrected chi connectivity index (χ0v) is 10.9. The van der Waals surface area contributed by atoms with Crippen LogP contribution in [0.4, 0.5) is 5.69 Å². The van der Waals surface area contributed by atoms with Gasteiger partial charge in [0, 0.05) is 18.8 Å². The van der Waals surface area contributed by atoms with E-state index >= 15 is 0 Å². The molecular weight excluding hydrogens is 246 g/mol. The van der Waals surface area contributed by atoms with Crippen molar-refractivity contribution in [2.45, 2.75) is 19.8 Å². The van der Waals surface area contributed by atoms with Gasteiger partial charge < -0.3 is 14.7 Å². The minimum Gasteiger partial charge on any atom is -0.478 e. The van der Waals surface area contributed by atoms with Crippen molar-refractivity contribution < 1.29 is 19.4 Å². The van der Waals surface area contributed by atoms with Crippen LogP contribution >= 0.6 is 0 Å². The van der Waals surface area contributed by atoms with E-state index in [-0.39, 0.29) is 18.1 Å². The summed E-state index contributed by atoms with van der Waals surface area (Å²) in [6.07, 6.45) is 1.64. The van der Waals surface area contributed by atoms with Crippen LogP contribution in [0.5, 0.6) is 0 Å². The van der Waals surface area contributed by atoms with Crippen molar-refractivity contribution in [2.24, 2.45) is 0 Å². The quantitative estimate of drug-likeness (QED) is 0.897. The van der Waals surface area contributed by atoms with Crippen molar-refractivity contribution in [3.8, 4) is 0 Å². The zero-order chi connectivity index (χ0) is 13.8. The van der Waals surface area contributed by atoms with Gasteiger partial charge in [-0.3, -0.25) is 4.79 Å². The molecule has 1 N–H and O–H groups in total. The van der Waals surface area contributed by atoms with Gasteiger partial charge >= 0.3 is 5.97 Å². The van der Waals surface area contributed by atoms with Crippen LogP contribution in [-0.4, -0.2) is 36.7 Å². The lowest BCUT2D eigenvalue weighted by Crippen LogP contribution is -2.38. The molecule has 0 unspecified atom stereocenters. The van der Waals surface area contributed by atoms with Crippen LogP contribution in [0.25, 0.3) is 0 Å². The van der Waals surface area contributed by atoms with Crippen molar-refractivity contribution in [3.05, 3.63) is 29.3 Å². The van der Waals surface area contributed by atoms with Crippen molar-refractivity contribution in [2.75, 3.05) is 24.7 Å². The van der Waals surface area contributed by atoms with E-state index in [0.717, 1.165) is 24.1 Å². The predicted octanol–water partition coefficient (Wildman–Crippen LogP) is 1.70. The van der Waals surface area contributed by atoms with Crippen LogP contribution in [0.2, 0.25) is 0 Å². The number of benzene rings is 1.